The van der Waals surface area contributed by atoms with Crippen LogP contribution in [0.1, 0.15) is 23.6 Å². The summed E-state index contributed by atoms with van der Waals surface area (Å²) in [5.74, 6) is 1.04. The van der Waals surface area contributed by atoms with Crippen LogP contribution in [0.5, 0.6) is 11.6 Å². The van der Waals surface area contributed by atoms with E-state index in [9.17, 15) is 4.79 Å². The van der Waals surface area contributed by atoms with Crippen molar-refractivity contribution in [2.45, 2.75) is 19.3 Å². The van der Waals surface area contributed by atoms with Crippen molar-refractivity contribution in [3.8, 4) is 11.6 Å². The smallest absolute Gasteiger partial charge is 0.234 e. The summed E-state index contributed by atoms with van der Waals surface area (Å²) in [6.07, 6.45) is 0.631. The topological polar surface area (TPSA) is 73.3 Å². The maximum Gasteiger partial charge on any atom is 0.234 e. The van der Waals surface area contributed by atoms with Crippen molar-refractivity contribution < 1.29 is 14.3 Å². The number of rotatable bonds is 3. The fourth-order valence-electron chi connectivity index (χ4n) is 2.51. The molecule has 1 aliphatic heterocycles. The second-order valence-corrected chi connectivity index (χ2v) is 5.09. The number of ether oxygens (including phenoxy) is 2. The molecule has 0 aliphatic carbocycles. The summed E-state index contributed by atoms with van der Waals surface area (Å²) in [5, 5.41) is 2.77. The van der Waals surface area contributed by atoms with Crippen LogP contribution in [-0.4, -0.2) is 29.6 Å². The minimum absolute atomic E-state index is 0.136. The number of anilines is 1. The lowest BCUT2D eigenvalue weighted by molar-refractivity contribution is -0.118. The van der Waals surface area contributed by atoms with Crippen LogP contribution in [0.4, 0.5) is 5.95 Å². The fraction of sp³-hybridized carbons (Fsp3) is 0.312. The largest absolute Gasteiger partial charge is 0.493 e. The van der Waals surface area contributed by atoms with Gasteiger partial charge < -0.3 is 9.47 Å². The molecule has 0 unspecified atom stereocenters. The molecule has 2 heterocycles. The zero-order valence-electron chi connectivity index (χ0n) is 12.5. The van der Waals surface area contributed by atoms with E-state index < -0.39 is 0 Å². The Bertz CT molecular complexity index is 703. The fourth-order valence-corrected chi connectivity index (χ4v) is 2.51. The van der Waals surface area contributed by atoms with Crippen molar-refractivity contribution in [2.75, 3.05) is 19.0 Å². The summed E-state index contributed by atoms with van der Waals surface area (Å²) >= 11 is 0. The van der Waals surface area contributed by atoms with Gasteiger partial charge in [-0.15, -0.1) is 0 Å². The quantitative estimate of drug-likeness (QED) is 0.941. The monoisotopic (exact) mass is 299 g/mol. The number of nitrogens with one attached hydrogen (secondary N) is 1. The van der Waals surface area contributed by atoms with E-state index in [0.717, 1.165) is 17.0 Å². The molecule has 1 N–H and O–H groups in total. The van der Waals surface area contributed by atoms with Crippen molar-refractivity contribution in [2.24, 2.45) is 0 Å². The number of para-hydroxylation sites is 1. The molecule has 6 heteroatoms. The molecule has 0 fully saturated rings. The van der Waals surface area contributed by atoms with Crippen molar-refractivity contribution in [1.29, 1.82) is 0 Å². The van der Waals surface area contributed by atoms with E-state index in [1.54, 1.807) is 6.07 Å². The predicted octanol–water partition coefficient (Wildman–Crippen LogP) is 2.30. The zero-order chi connectivity index (χ0) is 15.5. The molecule has 1 aromatic heterocycles. The van der Waals surface area contributed by atoms with E-state index >= 15 is 0 Å². The number of hydrogen-bond acceptors (Lipinski definition) is 5. The van der Waals surface area contributed by atoms with Crippen LogP contribution in [0.3, 0.4) is 0 Å². The molecule has 1 atom stereocenters. The van der Waals surface area contributed by atoms with Gasteiger partial charge in [-0.1, -0.05) is 18.2 Å². The number of hydrogen-bond donors (Lipinski definition) is 1. The Balaban J connectivity index is 1.82. The Morgan fingerprint density at radius 2 is 2.18 bits per heavy atom. The van der Waals surface area contributed by atoms with Crippen molar-refractivity contribution in [3.05, 3.63) is 41.6 Å². The molecule has 6 nitrogen and oxygen atoms in total. The van der Waals surface area contributed by atoms with Gasteiger partial charge in [0.2, 0.25) is 17.7 Å². The first kappa shape index (κ1) is 14.3. The minimum atomic E-state index is -0.264. The first-order valence-corrected chi connectivity index (χ1v) is 7.09. The highest BCUT2D eigenvalue weighted by Gasteiger charge is 2.28. The number of benzene rings is 1. The number of nitrogens with zero attached hydrogens (tertiary/aromatic N) is 2. The summed E-state index contributed by atoms with van der Waals surface area (Å²) in [4.78, 5) is 20.9. The molecule has 1 aliphatic rings. The summed E-state index contributed by atoms with van der Waals surface area (Å²) in [6.45, 7) is 2.34. The predicted molar refractivity (Wildman–Crippen MR) is 81.2 cm³/mol. The van der Waals surface area contributed by atoms with E-state index in [0.29, 0.717) is 18.9 Å². The third kappa shape index (κ3) is 2.86. The van der Waals surface area contributed by atoms with Crippen molar-refractivity contribution in [1.82, 2.24) is 9.97 Å². The highest BCUT2D eigenvalue weighted by Crippen LogP contribution is 2.33. The molecule has 22 heavy (non-hydrogen) atoms. The number of amides is 1. The molecule has 1 aromatic carbocycles. The highest BCUT2D eigenvalue weighted by molar-refractivity contribution is 5.95. The lowest BCUT2D eigenvalue weighted by Gasteiger charge is -2.24. The maximum atomic E-state index is 12.6. The van der Waals surface area contributed by atoms with Crippen molar-refractivity contribution in [3.63, 3.8) is 0 Å². The Kier molecular flexibility index (Phi) is 3.91. The Hall–Kier alpha value is -2.63. The number of aromatic nitrogens is 2. The molecule has 1 amide bonds. The van der Waals surface area contributed by atoms with Crippen LogP contribution in [0.15, 0.2) is 30.3 Å². The molecule has 3 rings (SSSR count). The first-order chi connectivity index (χ1) is 10.7. The molecule has 0 saturated carbocycles. The van der Waals surface area contributed by atoms with Gasteiger partial charge in [-0.2, -0.15) is 4.98 Å². The molecular formula is C16H17N3O3. The van der Waals surface area contributed by atoms with Crippen LogP contribution < -0.4 is 14.8 Å². The summed E-state index contributed by atoms with van der Waals surface area (Å²) in [5.41, 5.74) is 1.63. The lowest BCUT2D eigenvalue weighted by Crippen LogP contribution is -2.27. The average Bonchev–Trinajstić information content (AvgIpc) is 2.53. The van der Waals surface area contributed by atoms with Gasteiger partial charge in [-0.25, -0.2) is 4.98 Å². The Morgan fingerprint density at radius 1 is 1.36 bits per heavy atom. The van der Waals surface area contributed by atoms with E-state index in [2.05, 4.69) is 15.3 Å². The lowest BCUT2D eigenvalue weighted by atomic mass is 9.92. The second-order valence-electron chi connectivity index (χ2n) is 5.09. The number of methoxy groups -OCH3 is 1. The molecular weight excluding hydrogens is 282 g/mol. The molecule has 0 radical (unpaired) electrons. The highest BCUT2D eigenvalue weighted by atomic mass is 16.5. The minimum Gasteiger partial charge on any atom is -0.493 e. The van der Waals surface area contributed by atoms with Crippen LogP contribution in [0.25, 0.3) is 0 Å². The summed E-state index contributed by atoms with van der Waals surface area (Å²) in [6, 6.07) is 9.30. The van der Waals surface area contributed by atoms with Gasteiger partial charge in [0.25, 0.3) is 0 Å². The third-order valence-electron chi connectivity index (χ3n) is 3.55. The molecule has 114 valence electrons. The molecule has 0 spiro atoms. The maximum absolute atomic E-state index is 12.6. The number of aryl methyl sites for hydroxylation is 1. The molecule has 0 saturated heterocycles. The SMILES string of the molecule is COc1cc(C)nc(NC(=O)[C@@H]2CCOc3ccccc32)n1. The normalized spacial score (nSPS) is 16.4. The van der Waals surface area contributed by atoms with E-state index in [4.69, 9.17) is 9.47 Å². The summed E-state index contributed by atoms with van der Waals surface area (Å²) in [7, 11) is 1.53. The number of carbonyl (C=O) groups excluding carboxylic acids is 1. The van der Waals surface area contributed by atoms with Gasteiger partial charge >= 0.3 is 0 Å². The average molecular weight is 299 g/mol. The standard InChI is InChI=1S/C16H17N3O3/c1-10-9-14(21-2)18-16(17-10)19-15(20)12-7-8-22-13-6-4-3-5-11(12)13/h3-6,9,12H,7-8H2,1-2H3,(H,17,18,19,20)/t12-/m1/s1. The van der Waals surface area contributed by atoms with Gasteiger partial charge in [0.15, 0.2) is 0 Å². The first-order valence-electron chi connectivity index (χ1n) is 7.09. The van der Waals surface area contributed by atoms with Gasteiger partial charge in [-0.3, -0.25) is 10.1 Å². The van der Waals surface area contributed by atoms with Crippen LogP contribution in [-0.2, 0) is 4.79 Å². The van der Waals surface area contributed by atoms with Gasteiger partial charge in [0.1, 0.15) is 5.75 Å². The molecule has 0 bridgehead atoms. The zero-order valence-corrected chi connectivity index (χ0v) is 12.5. The number of fused-ring (bicyclic) bond motifs is 1. The van der Waals surface area contributed by atoms with E-state index in [1.807, 2.05) is 31.2 Å². The summed E-state index contributed by atoms with van der Waals surface area (Å²) < 4.78 is 10.7. The van der Waals surface area contributed by atoms with Crippen LogP contribution >= 0.6 is 0 Å². The number of carbonyl (C=O) groups is 1. The van der Waals surface area contributed by atoms with Crippen LogP contribution in [0.2, 0.25) is 0 Å². The third-order valence-corrected chi connectivity index (χ3v) is 3.55. The molecule has 2 aromatic rings. The Morgan fingerprint density at radius 3 is 3.00 bits per heavy atom. The van der Waals surface area contributed by atoms with Gasteiger partial charge in [-0.05, 0) is 19.4 Å². The van der Waals surface area contributed by atoms with Gasteiger partial charge in [0, 0.05) is 17.3 Å². The Labute approximate surface area is 128 Å². The second kappa shape index (κ2) is 6.01. The van der Waals surface area contributed by atoms with E-state index in [-0.39, 0.29) is 17.8 Å². The van der Waals surface area contributed by atoms with Gasteiger partial charge in [0.05, 0.1) is 19.6 Å². The van der Waals surface area contributed by atoms with Crippen molar-refractivity contribution >= 4 is 11.9 Å². The van der Waals surface area contributed by atoms with Crippen LogP contribution in [0, 0.1) is 6.92 Å². The van der Waals surface area contributed by atoms with E-state index in [1.165, 1.54) is 7.11 Å².